The van der Waals surface area contributed by atoms with Gasteiger partial charge in [0.2, 0.25) is 0 Å². The summed E-state index contributed by atoms with van der Waals surface area (Å²) in [5.41, 5.74) is 0.274. The van der Waals surface area contributed by atoms with Gasteiger partial charge in [-0.15, -0.1) is 0 Å². The van der Waals surface area contributed by atoms with E-state index in [0.717, 1.165) is 25.7 Å². The van der Waals surface area contributed by atoms with Gasteiger partial charge in [-0.1, -0.05) is 0 Å². The van der Waals surface area contributed by atoms with Gasteiger partial charge in [-0.05, 0) is 43.9 Å². The largest absolute Gasteiger partial charge is 0.494 e. The molecule has 2 aromatic rings. The molecular weight excluding hydrogens is 353 g/mol. The number of nitrogens with one attached hydrogen (secondary N) is 1. The van der Waals surface area contributed by atoms with E-state index in [1.54, 1.807) is 18.5 Å². The third kappa shape index (κ3) is 4.64. The average Bonchev–Trinajstić information content (AvgIpc) is 2.69. The monoisotopic (exact) mass is 375 g/mol. The SMILES string of the molecule is COc1ccc(C(=O)NC2CCC(Oc3nccnc3OC)CC2)cc1F. The van der Waals surface area contributed by atoms with Crippen molar-refractivity contribution in [2.75, 3.05) is 14.2 Å². The Hall–Kier alpha value is -2.90. The normalized spacial score (nSPS) is 19.2. The lowest BCUT2D eigenvalue weighted by Crippen LogP contribution is -2.39. The molecule has 1 aliphatic carbocycles. The number of methoxy groups -OCH3 is 2. The van der Waals surface area contributed by atoms with Crippen molar-refractivity contribution in [1.82, 2.24) is 15.3 Å². The van der Waals surface area contributed by atoms with Crippen molar-refractivity contribution in [3.05, 3.63) is 42.0 Å². The molecule has 0 unspecified atom stereocenters. The van der Waals surface area contributed by atoms with E-state index in [0.29, 0.717) is 11.8 Å². The van der Waals surface area contributed by atoms with E-state index < -0.39 is 5.82 Å². The molecule has 27 heavy (non-hydrogen) atoms. The van der Waals surface area contributed by atoms with Crippen LogP contribution in [-0.4, -0.2) is 42.2 Å². The van der Waals surface area contributed by atoms with Crippen LogP contribution in [0.25, 0.3) is 0 Å². The number of ether oxygens (including phenoxy) is 3. The number of nitrogens with zero attached hydrogens (tertiary/aromatic N) is 2. The highest BCUT2D eigenvalue weighted by molar-refractivity contribution is 5.94. The summed E-state index contributed by atoms with van der Waals surface area (Å²) in [5, 5.41) is 2.95. The summed E-state index contributed by atoms with van der Waals surface area (Å²) in [6, 6.07) is 4.20. The fourth-order valence-electron chi connectivity index (χ4n) is 3.09. The smallest absolute Gasteiger partial charge is 0.278 e. The molecule has 0 spiro atoms. The standard InChI is InChI=1S/C19H22FN3O4/c1-25-16-8-3-12(11-15(16)20)17(24)23-13-4-6-14(7-5-13)27-19-18(26-2)21-9-10-22-19/h3,8-11,13-14H,4-7H2,1-2H3,(H,23,24). The maximum atomic E-state index is 13.8. The van der Waals surface area contributed by atoms with Crippen molar-refractivity contribution >= 4 is 5.91 Å². The van der Waals surface area contributed by atoms with Gasteiger partial charge in [-0.2, -0.15) is 0 Å². The maximum Gasteiger partial charge on any atom is 0.278 e. The Morgan fingerprint density at radius 1 is 1.07 bits per heavy atom. The first kappa shape index (κ1) is 18.9. The van der Waals surface area contributed by atoms with E-state index in [1.807, 2.05) is 0 Å². The van der Waals surface area contributed by atoms with E-state index in [9.17, 15) is 9.18 Å². The number of amides is 1. The highest BCUT2D eigenvalue weighted by Gasteiger charge is 2.25. The Morgan fingerprint density at radius 3 is 2.41 bits per heavy atom. The number of halogens is 1. The Bertz CT molecular complexity index is 794. The van der Waals surface area contributed by atoms with Crippen LogP contribution in [0.3, 0.4) is 0 Å². The molecule has 1 saturated carbocycles. The molecule has 1 amide bonds. The number of carbonyl (C=O) groups excluding carboxylic acids is 1. The topological polar surface area (TPSA) is 82.6 Å². The van der Waals surface area contributed by atoms with Gasteiger partial charge in [0, 0.05) is 24.0 Å². The van der Waals surface area contributed by atoms with Crippen LogP contribution in [0.5, 0.6) is 17.5 Å². The van der Waals surface area contributed by atoms with Crippen molar-refractivity contribution in [3.63, 3.8) is 0 Å². The van der Waals surface area contributed by atoms with E-state index >= 15 is 0 Å². The molecule has 1 aliphatic rings. The van der Waals surface area contributed by atoms with Crippen molar-refractivity contribution in [2.45, 2.75) is 37.8 Å². The van der Waals surface area contributed by atoms with Crippen LogP contribution >= 0.6 is 0 Å². The molecule has 0 radical (unpaired) electrons. The third-order valence-electron chi connectivity index (χ3n) is 4.53. The van der Waals surface area contributed by atoms with Gasteiger partial charge >= 0.3 is 0 Å². The maximum absolute atomic E-state index is 13.8. The first-order valence-electron chi connectivity index (χ1n) is 8.76. The first-order chi connectivity index (χ1) is 13.1. The molecule has 1 aromatic heterocycles. The van der Waals surface area contributed by atoms with Crippen LogP contribution in [0, 0.1) is 5.82 Å². The number of aromatic nitrogens is 2. The number of carbonyl (C=O) groups is 1. The Balaban J connectivity index is 1.52. The van der Waals surface area contributed by atoms with Gasteiger partial charge < -0.3 is 19.5 Å². The Morgan fingerprint density at radius 2 is 1.78 bits per heavy atom. The molecule has 3 rings (SSSR count). The summed E-state index contributed by atoms with van der Waals surface area (Å²) in [6.07, 6.45) is 6.14. The average molecular weight is 375 g/mol. The van der Waals surface area contributed by atoms with Crippen molar-refractivity contribution in [3.8, 4) is 17.5 Å². The minimum absolute atomic E-state index is 0.0119. The molecule has 1 aromatic carbocycles. The van der Waals surface area contributed by atoms with Crippen LogP contribution in [0.2, 0.25) is 0 Å². The lowest BCUT2D eigenvalue weighted by molar-refractivity contribution is 0.0886. The Kier molecular flexibility index (Phi) is 6.05. The molecule has 1 fully saturated rings. The molecule has 0 saturated heterocycles. The van der Waals surface area contributed by atoms with E-state index in [1.165, 1.54) is 26.4 Å². The van der Waals surface area contributed by atoms with Crippen molar-refractivity contribution < 1.29 is 23.4 Å². The van der Waals surface area contributed by atoms with Gasteiger partial charge in [-0.25, -0.2) is 14.4 Å². The van der Waals surface area contributed by atoms with Gasteiger partial charge in [-0.3, -0.25) is 4.79 Å². The first-order valence-corrected chi connectivity index (χ1v) is 8.76. The van der Waals surface area contributed by atoms with Crippen molar-refractivity contribution in [1.29, 1.82) is 0 Å². The van der Waals surface area contributed by atoms with Gasteiger partial charge in [0.25, 0.3) is 17.7 Å². The molecule has 144 valence electrons. The van der Waals surface area contributed by atoms with Crippen LogP contribution in [-0.2, 0) is 0 Å². The molecule has 0 bridgehead atoms. The Labute approximate surface area is 156 Å². The number of benzene rings is 1. The molecule has 0 aliphatic heterocycles. The third-order valence-corrected chi connectivity index (χ3v) is 4.53. The molecule has 0 atom stereocenters. The molecule has 1 heterocycles. The van der Waals surface area contributed by atoms with Crippen molar-refractivity contribution in [2.24, 2.45) is 0 Å². The molecule has 1 N–H and O–H groups in total. The zero-order valence-electron chi connectivity index (χ0n) is 15.3. The second-order valence-electron chi connectivity index (χ2n) is 6.29. The number of hydrogen-bond donors (Lipinski definition) is 1. The van der Waals surface area contributed by atoms with E-state index in [2.05, 4.69) is 15.3 Å². The summed E-state index contributed by atoms with van der Waals surface area (Å²) in [4.78, 5) is 20.5. The second-order valence-corrected chi connectivity index (χ2v) is 6.29. The van der Waals surface area contributed by atoms with Gasteiger partial charge in [0.15, 0.2) is 11.6 Å². The fourth-order valence-corrected chi connectivity index (χ4v) is 3.09. The van der Waals surface area contributed by atoms with Crippen LogP contribution in [0.15, 0.2) is 30.6 Å². The summed E-state index contributed by atoms with van der Waals surface area (Å²) >= 11 is 0. The fraction of sp³-hybridized carbons (Fsp3) is 0.421. The molecule has 8 heteroatoms. The quantitative estimate of drug-likeness (QED) is 0.836. The number of rotatable bonds is 6. The summed E-state index contributed by atoms with van der Waals surface area (Å²) < 4.78 is 29.7. The van der Waals surface area contributed by atoms with Crippen LogP contribution in [0.1, 0.15) is 36.0 Å². The van der Waals surface area contributed by atoms with Gasteiger partial charge in [0.1, 0.15) is 6.10 Å². The zero-order chi connectivity index (χ0) is 19.2. The minimum Gasteiger partial charge on any atom is -0.494 e. The zero-order valence-corrected chi connectivity index (χ0v) is 15.3. The highest BCUT2D eigenvalue weighted by atomic mass is 19.1. The second kappa shape index (κ2) is 8.66. The predicted molar refractivity (Wildman–Crippen MR) is 95.7 cm³/mol. The van der Waals surface area contributed by atoms with E-state index in [4.69, 9.17) is 14.2 Å². The number of hydrogen-bond acceptors (Lipinski definition) is 6. The van der Waals surface area contributed by atoms with E-state index in [-0.39, 0.29) is 29.4 Å². The molecular formula is C19H22FN3O4. The minimum atomic E-state index is -0.555. The summed E-state index contributed by atoms with van der Waals surface area (Å²) in [6.45, 7) is 0. The predicted octanol–water partition coefficient (Wildman–Crippen LogP) is 2.75. The van der Waals surface area contributed by atoms with Crippen LogP contribution in [0.4, 0.5) is 4.39 Å². The summed E-state index contributed by atoms with van der Waals surface area (Å²) in [5.74, 6) is -0.00371. The van der Waals surface area contributed by atoms with Crippen LogP contribution < -0.4 is 19.5 Å². The van der Waals surface area contributed by atoms with Gasteiger partial charge in [0.05, 0.1) is 14.2 Å². The highest BCUT2D eigenvalue weighted by Crippen LogP contribution is 2.27. The lowest BCUT2D eigenvalue weighted by Gasteiger charge is -2.29. The molecule has 7 nitrogen and oxygen atoms in total. The summed E-state index contributed by atoms with van der Waals surface area (Å²) in [7, 11) is 2.90. The lowest BCUT2D eigenvalue weighted by atomic mass is 9.92.